The summed E-state index contributed by atoms with van der Waals surface area (Å²) >= 11 is 0. The van der Waals surface area contributed by atoms with Gasteiger partial charge in [0.1, 0.15) is 5.58 Å². The van der Waals surface area contributed by atoms with Crippen LogP contribution >= 0.6 is 0 Å². The Balaban J connectivity index is 0.00000686. The quantitative estimate of drug-likeness (QED) is 0.107. The fourth-order valence-electron chi connectivity index (χ4n) is 11.4. The van der Waals surface area contributed by atoms with E-state index in [0.717, 1.165) is 122 Å². The van der Waals surface area contributed by atoms with Crippen molar-refractivity contribution < 1.29 is 36.9 Å². The minimum Gasteiger partial charge on any atom is -0.452 e. The van der Waals surface area contributed by atoms with Crippen LogP contribution in [0, 0.1) is 18.5 Å². The van der Waals surface area contributed by atoms with Crippen molar-refractivity contribution in [1.82, 2.24) is 14.1 Å². The van der Waals surface area contributed by atoms with Crippen LogP contribution in [0.25, 0.3) is 116 Å². The summed E-state index contributed by atoms with van der Waals surface area (Å²) in [5, 5.41) is 4.23. The topological polar surface area (TPSA) is 39.8 Å². The number of para-hydroxylation sites is 4. The Morgan fingerprint density at radius 1 is 0.519 bits per heavy atom. The van der Waals surface area contributed by atoms with Gasteiger partial charge in [-0.05, 0) is 114 Å². The molecule has 0 N–H and O–H groups in total. The van der Waals surface area contributed by atoms with E-state index in [-0.39, 0.29) is 56.2 Å². The molecule has 0 atom stereocenters. The standard InChI is InChI=1S/C75H58N4O.Pt/c1-74(2,3)57-44-55(52-24-11-8-12-25-52)43-56(45-57)65-47-58(75(4,5)6)46-64(54-27-20-26-53(42-54)51-22-9-7-10-23-51)71(65)78-48-77(67-32-16-17-33-68(67)78)59-28-19-21-49(40-59)39-50-35-36-61-60-29-13-15-31-66(60)79(69(61)41-50)73-72-63(37-38-76-73)62-30-14-18-34-70(62)80-72;/h7-38,42-47H,39H2,1-6H3;/q-2;/i8D,11D,12D,24D,25D;. The fraction of sp³-hybridized carbons (Fsp3) is 0.120. The van der Waals surface area contributed by atoms with E-state index in [1.54, 1.807) is 0 Å². The van der Waals surface area contributed by atoms with Crippen LogP contribution in [0.1, 0.15) is 70.7 Å². The molecule has 0 radical (unpaired) electrons. The summed E-state index contributed by atoms with van der Waals surface area (Å²) < 4.78 is 57.4. The Morgan fingerprint density at radius 3 is 1.96 bits per heavy atom. The maximum Gasteiger partial charge on any atom is 0.268 e. The summed E-state index contributed by atoms with van der Waals surface area (Å²) in [6, 6.07) is 73.5. The van der Waals surface area contributed by atoms with Gasteiger partial charge in [0.2, 0.25) is 0 Å². The number of fused-ring (bicyclic) bond motifs is 7. The first-order valence-corrected chi connectivity index (χ1v) is 27.2. The van der Waals surface area contributed by atoms with Gasteiger partial charge in [-0.25, -0.2) is 4.98 Å². The number of pyridine rings is 1. The van der Waals surface area contributed by atoms with E-state index in [9.17, 15) is 2.74 Å². The van der Waals surface area contributed by atoms with Crippen LogP contribution in [0.4, 0.5) is 0 Å². The molecule has 396 valence electrons. The Kier molecular flexibility index (Phi) is 11.5. The van der Waals surface area contributed by atoms with Crippen molar-refractivity contribution in [3.8, 4) is 61.7 Å². The van der Waals surface area contributed by atoms with E-state index in [1.165, 1.54) is 0 Å². The molecule has 0 amide bonds. The summed E-state index contributed by atoms with van der Waals surface area (Å²) in [6.07, 6.45) is 6.31. The van der Waals surface area contributed by atoms with Gasteiger partial charge < -0.3 is 13.6 Å². The van der Waals surface area contributed by atoms with E-state index in [1.807, 2.05) is 48.7 Å². The van der Waals surface area contributed by atoms with Crippen LogP contribution in [0.15, 0.2) is 235 Å². The van der Waals surface area contributed by atoms with Crippen molar-refractivity contribution in [2.45, 2.75) is 58.8 Å². The number of benzene rings is 10. The van der Waals surface area contributed by atoms with Crippen molar-refractivity contribution >= 4 is 54.8 Å². The van der Waals surface area contributed by atoms with Gasteiger partial charge in [-0.2, -0.15) is 53.6 Å². The molecule has 4 aromatic heterocycles. The first-order valence-electron chi connectivity index (χ1n) is 29.7. The maximum absolute atomic E-state index is 9.20. The molecule has 0 bridgehead atoms. The Morgan fingerprint density at radius 2 is 1.16 bits per heavy atom. The predicted molar refractivity (Wildman–Crippen MR) is 329 cm³/mol. The number of nitrogens with zero attached hydrogens (tertiary/aromatic N) is 4. The molecule has 0 fully saturated rings. The fourth-order valence-corrected chi connectivity index (χ4v) is 11.4. The third kappa shape index (κ3) is 9.30. The van der Waals surface area contributed by atoms with Crippen LogP contribution in [-0.4, -0.2) is 14.1 Å². The van der Waals surface area contributed by atoms with Crippen LogP contribution in [0.5, 0.6) is 0 Å². The molecule has 0 saturated heterocycles. The third-order valence-electron chi connectivity index (χ3n) is 15.5. The molecule has 0 aliphatic rings. The zero-order valence-electron chi connectivity index (χ0n) is 50.8. The number of aromatic nitrogens is 4. The van der Waals surface area contributed by atoms with Gasteiger partial charge in [-0.1, -0.05) is 211 Å². The molecule has 5 nitrogen and oxygen atoms in total. The molecular formula is C75H58N4OPt-2. The smallest absolute Gasteiger partial charge is 0.268 e. The van der Waals surface area contributed by atoms with E-state index < -0.39 is 11.5 Å². The summed E-state index contributed by atoms with van der Waals surface area (Å²) in [4.78, 5) is 4.98. The summed E-state index contributed by atoms with van der Waals surface area (Å²) in [6.45, 7) is 13.1. The Labute approximate surface area is 494 Å². The minimum atomic E-state index is -0.425. The van der Waals surface area contributed by atoms with Gasteiger partial charge >= 0.3 is 0 Å². The third-order valence-corrected chi connectivity index (χ3v) is 15.5. The molecule has 0 saturated carbocycles. The molecule has 81 heavy (non-hydrogen) atoms. The van der Waals surface area contributed by atoms with Gasteiger partial charge in [-0.3, -0.25) is 4.57 Å². The van der Waals surface area contributed by atoms with Crippen molar-refractivity contribution in [2.75, 3.05) is 0 Å². The Hall–Kier alpha value is -8.89. The van der Waals surface area contributed by atoms with Crippen molar-refractivity contribution in [2.24, 2.45) is 0 Å². The average Bonchev–Trinajstić information content (AvgIpc) is 1.59. The van der Waals surface area contributed by atoms with E-state index >= 15 is 0 Å². The predicted octanol–water partition coefficient (Wildman–Crippen LogP) is 18.6. The molecule has 0 unspecified atom stereocenters. The second-order valence-electron chi connectivity index (χ2n) is 22.9. The van der Waals surface area contributed by atoms with Gasteiger partial charge in [0.15, 0.2) is 11.4 Å². The molecule has 4 heterocycles. The average molecular weight is 1230 g/mol. The van der Waals surface area contributed by atoms with E-state index in [0.29, 0.717) is 17.8 Å². The summed E-state index contributed by atoms with van der Waals surface area (Å²) in [5.74, 6) is 0.713. The molecule has 6 heteroatoms. The van der Waals surface area contributed by atoms with Crippen LogP contribution in [-0.2, 0) is 38.3 Å². The van der Waals surface area contributed by atoms with Gasteiger partial charge in [0, 0.05) is 43.6 Å². The van der Waals surface area contributed by atoms with Crippen LogP contribution < -0.4 is 4.57 Å². The normalized spacial score (nSPS) is 12.9. The second kappa shape index (κ2) is 20.3. The van der Waals surface area contributed by atoms with Gasteiger partial charge in [0.25, 0.3) is 6.33 Å². The molecule has 0 aliphatic carbocycles. The first kappa shape index (κ1) is 45.9. The number of hydrogen-bond acceptors (Lipinski definition) is 2. The van der Waals surface area contributed by atoms with E-state index in [4.69, 9.17) is 13.5 Å². The summed E-state index contributed by atoms with van der Waals surface area (Å²) in [5.41, 5.74) is 16.8. The maximum atomic E-state index is 9.20. The van der Waals surface area contributed by atoms with Gasteiger partial charge in [-0.15, -0.1) is 5.39 Å². The van der Waals surface area contributed by atoms with Crippen molar-refractivity contribution in [3.05, 3.63) is 271 Å². The van der Waals surface area contributed by atoms with Crippen molar-refractivity contribution in [1.29, 1.82) is 0 Å². The Bertz CT molecular complexity index is 5000. The van der Waals surface area contributed by atoms with Gasteiger partial charge in [0.05, 0.1) is 23.6 Å². The number of imidazole rings is 1. The van der Waals surface area contributed by atoms with Crippen molar-refractivity contribution in [3.63, 3.8) is 0 Å². The second-order valence-corrected chi connectivity index (χ2v) is 22.9. The molecule has 10 aromatic carbocycles. The number of hydrogen-bond donors (Lipinski definition) is 0. The molecule has 14 rings (SSSR count). The number of furan rings is 1. The largest absolute Gasteiger partial charge is 0.452 e. The first-order chi connectivity index (χ1) is 41.0. The molecule has 14 aromatic rings. The molecule has 0 spiro atoms. The van der Waals surface area contributed by atoms with Crippen LogP contribution in [0.2, 0.25) is 0 Å². The SMILES string of the molecule is [2H]c1c([2H])c([2H])c(-c2cc(-c3cc(C(C)(C)C)cc(-c4cccc(-c5ccccc5)c4)c3-[n+]3[c-]n(-c4[c-]c(Cc5[c-]c6c(cc5)c5ccccc5n6-c5nccc6c5oc5ccccc56)ccc4)c4ccccc43)cc(C(C)(C)C)c2)c([2H])c1[2H].[Pt]. The van der Waals surface area contributed by atoms with E-state index in [2.05, 4.69) is 225 Å². The summed E-state index contributed by atoms with van der Waals surface area (Å²) in [7, 11) is 0. The molecular weight excluding hydrogens is 1170 g/mol. The van der Waals surface area contributed by atoms with Crippen LogP contribution in [0.3, 0.4) is 0 Å². The molecule has 0 aliphatic heterocycles. The zero-order chi connectivity index (χ0) is 58.6. The zero-order valence-corrected chi connectivity index (χ0v) is 48.0. The minimum absolute atomic E-state index is 0. The number of rotatable bonds is 9. The monoisotopic (exact) mass is 1230 g/mol.